The van der Waals surface area contributed by atoms with Gasteiger partial charge < -0.3 is 20.0 Å². The fourth-order valence-electron chi connectivity index (χ4n) is 3.37. The van der Waals surface area contributed by atoms with Crippen molar-refractivity contribution in [2.75, 3.05) is 29.9 Å². The van der Waals surface area contributed by atoms with Crippen LogP contribution in [0.4, 0.5) is 24.5 Å². The highest BCUT2D eigenvalue weighted by Gasteiger charge is 2.32. The summed E-state index contributed by atoms with van der Waals surface area (Å²) >= 11 is 0. The standard InChI is InChI=1S/C20H24F3N3O2/c1-14(18-6-5-11-28-18)24-13-19(27)25-16-12-15(20(21,22)23)7-8-17(16)26-9-3-2-4-10-26/h5-8,11-12,14,24H,2-4,9-10,13H2,1H3,(H,25,27)/p+1/t14-/m0/s1. The molecule has 1 aromatic heterocycles. The van der Waals surface area contributed by atoms with Crippen LogP contribution < -0.4 is 15.5 Å². The number of rotatable bonds is 6. The van der Waals surface area contributed by atoms with Gasteiger partial charge in [-0.2, -0.15) is 13.2 Å². The number of hydrogen-bond donors (Lipinski definition) is 2. The summed E-state index contributed by atoms with van der Waals surface area (Å²) in [6, 6.07) is 7.08. The molecule has 5 nitrogen and oxygen atoms in total. The molecule has 1 aliphatic rings. The molecule has 1 saturated heterocycles. The highest BCUT2D eigenvalue weighted by Crippen LogP contribution is 2.36. The average Bonchev–Trinajstić information content (AvgIpc) is 3.21. The van der Waals surface area contributed by atoms with Crippen molar-refractivity contribution in [2.24, 2.45) is 0 Å². The summed E-state index contributed by atoms with van der Waals surface area (Å²) in [4.78, 5) is 14.4. The molecule has 8 heteroatoms. The van der Waals surface area contributed by atoms with Crippen molar-refractivity contribution < 1.29 is 27.7 Å². The van der Waals surface area contributed by atoms with Gasteiger partial charge in [-0.1, -0.05) is 0 Å². The first-order valence-corrected chi connectivity index (χ1v) is 9.47. The van der Waals surface area contributed by atoms with Crippen LogP contribution in [0.15, 0.2) is 41.0 Å². The molecule has 28 heavy (non-hydrogen) atoms. The Labute approximate surface area is 161 Å². The molecule has 0 saturated carbocycles. The van der Waals surface area contributed by atoms with E-state index in [0.29, 0.717) is 5.69 Å². The maximum Gasteiger partial charge on any atom is 0.416 e. The van der Waals surface area contributed by atoms with Crippen LogP contribution in [0.5, 0.6) is 0 Å². The maximum atomic E-state index is 13.1. The Hall–Kier alpha value is -2.48. The van der Waals surface area contributed by atoms with Crippen molar-refractivity contribution in [3.05, 3.63) is 47.9 Å². The van der Waals surface area contributed by atoms with E-state index in [4.69, 9.17) is 4.42 Å². The smallest absolute Gasteiger partial charge is 0.416 e. The lowest BCUT2D eigenvalue weighted by atomic mass is 10.1. The van der Waals surface area contributed by atoms with E-state index in [1.165, 1.54) is 6.07 Å². The number of benzene rings is 1. The van der Waals surface area contributed by atoms with E-state index in [2.05, 4.69) is 5.32 Å². The quantitative estimate of drug-likeness (QED) is 0.785. The molecule has 1 fully saturated rings. The average molecular weight is 396 g/mol. The molecule has 3 N–H and O–H groups in total. The Morgan fingerprint density at radius 3 is 2.64 bits per heavy atom. The van der Waals surface area contributed by atoms with E-state index in [-0.39, 0.29) is 24.2 Å². The number of nitrogens with zero attached hydrogens (tertiary/aromatic N) is 1. The number of furan rings is 1. The van der Waals surface area contributed by atoms with Gasteiger partial charge in [-0.3, -0.25) is 4.79 Å². The van der Waals surface area contributed by atoms with E-state index in [1.807, 2.05) is 17.9 Å². The Bertz CT molecular complexity index is 784. The summed E-state index contributed by atoms with van der Waals surface area (Å²) in [5, 5.41) is 4.46. The highest BCUT2D eigenvalue weighted by atomic mass is 19.4. The van der Waals surface area contributed by atoms with E-state index in [9.17, 15) is 18.0 Å². The first-order chi connectivity index (χ1) is 13.3. The van der Waals surface area contributed by atoms with Crippen LogP contribution in [0.25, 0.3) is 0 Å². The van der Waals surface area contributed by atoms with Crippen LogP contribution >= 0.6 is 0 Å². The summed E-state index contributed by atoms with van der Waals surface area (Å²) in [6.45, 7) is 3.53. The first-order valence-electron chi connectivity index (χ1n) is 9.47. The van der Waals surface area contributed by atoms with Crippen LogP contribution in [-0.4, -0.2) is 25.5 Å². The highest BCUT2D eigenvalue weighted by molar-refractivity contribution is 5.95. The molecule has 2 aromatic rings. The zero-order valence-electron chi connectivity index (χ0n) is 15.8. The third-order valence-electron chi connectivity index (χ3n) is 4.94. The normalized spacial score (nSPS) is 16.1. The molecule has 1 amide bonds. The number of nitrogens with one attached hydrogen (secondary N) is 1. The lowest BCUT2D eigenvalue weighted by Crippen LogP contribution is -2.86. The van der Waals surface area contributed by atoms with Gasteiger partial charge in [0.2, 0.25) is 0 Å². The minimum absolute atomic E-state index is 0.0659. The first kappa shape index (κ1) is 20.3. The zero-order valence-corrected chi connectivity index (χ0v) is 15.8. The van der Waals surface area contributed by atoms with Gasteiger partial charge in [-0.25, -0.2) is 0 Å². The number of halogens is 3. The molecule has 0 spiro atoms. The van der Waals surface area contributed by atoms with Gasteiger partial charge in [0.1, 0.15) is 6.04 Å². The van der Waals surface area contributed by atoms with Crippen LogP contribution in [0, 0.1) is 0 Å². The van der Waals surface area contributed by atoms with Crippen LogP contribution in [0.1, 0.15) is 43.6 Å². The maximum absolute atomic E-state index is 13.1. The van der Waals surface area contributed by atoms with E-state index in [0.717, 1.165) is 50.2 Å². The number of anilines is 2. The second kappa shape index (κ2) is 8.68. The number of alkyl halides is 3. The van der Waals surface area contributed by atoms with Crippen molar-refractivity contribution in [1.29, 1.82) is 0 Å². The van der Waals surface area contributed by atoms with Crippen molar-refractivity contribution in [1.82, 2.24) is 0 Å². The number of carbonyl (C=O) groups is 1. The Balaban J connectivity index is 1.73. The number of amides is 1. The van der Waals surface area contributed by atoms with Crippen molar-refractivity contribution in [3.8, 4) is 0 Å². The zero-order chi connectivity index (χ0) is 20.1. The molecule has 3 rings (SSSR count). The van der Waals surface area contributed by atoms with Gasteiger partial charge in [0, 0.05) is 13.1 Å². The van der Waals surface area contributed by atoms with E-state index >= 15 is 0 Å². The van der Waals surface area contributed by atoms with E-state index in [1.54, 1.807) is 17.6 Å². The summed E-state index contributed by atoms with van der Waals surface area (Å²) < 4.78 is 44.7. The molecular weight excluding hydrogens is 371 g/mol. The van der Waals surface area contributed by atoms with Gasteiger partial charge in [0.05, 0.1) is 23.2 Å². The number of hydrogen-bond acceptors (Lipinski definition) is 3. The molecule has 1 atom stereocenters. The molecule has 2 heterocycles. The number of carbonyl (C=O) groups excluding carboxylic acids is 1. The Morgan fingerprint density at radius 1 is 1.25 bits per heavy atom. The van der Waals surface area contributed by atoms with Gasteiger partial charge in [0.15, 0.2) is 12.3 Å². The molecule has 1 aliphatic heterocycles. The lowest BCUT2D eigenvalue weighted by Gasteiger charge is -2.31. The summed E-state index contributed by atoms with van der Waals surface area (Å²) in [5.74, 6) is 0.386. The van der Waals surface area contributed by atoms with Crippen molar-refractivity contribution in [3.63, 3.8) is 0 Å². The van der Waals surface area contributed by atoms with Crippen LogP contribution in [0.3, 0.4) is 0 Å². The number of piperidine rings is 1. The Kier molecular flexibility index (Phi) is 6.28. The van der Waals surface area contributed by atoms with Gasteiger partial charge in [-0.15, -0.1) is 0 Å². The SMILES string of the molecule is C[C@H]([NH2+]CC(=O)Nc1cc(C(F)(F)F)ccc1N1CCCCC1)c1ccco1. The predicted molar refractivity (Wildman–Crippen MR) is 100 cm³/mol. The molecule has 0 unspecified atom stereocenters. The number of quaternary nitrogens is 1. The van der Waals surface area contributed by atoms with Gasteiger partial charge in [0.25, 0.3) is 5.91 Å². The third-order valence-corrected chi connectivity index (χ3v) is 4.94. The molecular formula is C20H25F3N3O2+. The second-order valence-electron chi connectivity index (χ2n) is 7.07. The molecule has 1 aromatic carbocycles. The van der Waals surface area contributed by atoms with Crippen molar-refractivity contribution >= 4 is 17.3 Å². The van der Waals surface area contributed by atoms with E-state index < -0.39 is 11.7 Å². The fourth-order valence-corrected chi connectivity index (χ4v) is 3.37. The summed E-state index contributed by atoms with van der Waals surface area (Å²) in [5.41, 5.74) is 0.0809. The Morgan fingerprint density at radius 2 is 2.00 bits per heavy atom. The molecule has 0 aliphatic carbocycles. The summed E-state index contributed by atoms with van der Waals surface area (Å²) in [7, 11) is 0. The number of nitrogens with two attached hydrogens (primary N) is 1. The van der Waals surface area contributed by atoms with Gasteiger partial charge in [-0.05, 0) is 56.5 Å². The minimum atomic E-state index is -4.46. The minimum Gasteiger partial charge on any atom is -0.463 e. The predicted octanol–water partition coefficient (Wildman–Crippen LogP) is 3.55. The molecule has 152 valence electrons. The van der Waals surface area contributed by atoms with Crippen LogP contribution in [-0.2, 0) is 11.0 Å². The molecule has 0 bridgehead atoms. The lowest BCUT2D eigenvalue weighted by molar-refractivity contribution is -0.684. The molecule has 0 radical (unpaired) electrons. The largest absolute Gasteiger partial charge is 0.463 e. The summed E-state index contributed by atoms with van der Waals surface area (Å²) in [6.07, 6.45) is 0.192. The third kappa shape index (κ3) is 5.07. The van der Waals surface area contributed by atoms with Crippen molar-refractivity contribution in [2.45, 2.75) is 38.4 Å². The fraction of sp³-hybridized carbons (Fsp3) is 0.450. The monoisotopic (exact) mass is 396 g/mol. The topological polar surface area (TPSA) is 62.1 Å². The van der Waals surface area contributed by atoms with Gasteiger partial charge >= 0.3 is 6.18 Å². The van der Waals surface area contributed by atoms with Crippen LogP contribution in [0.2, 0.25) is 0 Å². The second-order valence-corrected chi connectivity index (χ2v) is 7.07.